The van der Waals surface area contributed by atoms with Gasteiger partial charge in [-0.2, -0.15) is 0 Å². The summed E-state index contributed by atoms with van der Waals surface area (Å²) in [5.74, 6) is 0.787. The molecule has 0 spiro atoms. The summed E-state index contributed by atoms with van der Waals surface area (Å²) in [4.78, 5) is 37.5. The van der Waals surface area contributed by atoms with Gasteiger partial charge in [0.25, 0.3) is 0 Å². The molecule has 0 N–H and O–H groups in total. The summed E-state index contributed by atoms with van der Waals surface area (Å²) in [5, 5.41) is 0. The molecule has 314 valence electrons. The lowest BCUT2D eigenvalue weighted by atomic mass is 10.0. The van der Waals surface area contributed by atoms with Gasteiger partial charge in [-0.3, -0.25) is 14.4 Å². The van der Waals surface area contributed by atoms with Crippen LogP contribution in [0.1, 0.15) is 253 Å². The van der Waals surface area contributed by atoms with Gasteiger partial charge in [-0.25, -0.2) is 0 Å². The summed E-state index contributed by atoms with van der Waals surface area (Å²) >= 11 is 0. The summed E-state index contributed by atoms with van der Waals surface area (Å²) in [6.45, 7) is 11.3. The molecule has 0 amide bonds. The summed E-state index contributed by atoms with van der Waals surface area (Å²) in [6, 6.07) is 0. The third-order valence-corrected chi connectivity index (χ3v) is 10.5. The van der Waals surface area contributed by atoms with E-state index in [1.54, 1.807) is 0 Å². The maximum atomic E-state index is 12.5. The Kier molecular flexibility index (Phi) is 38.9. The fourth-order valence-corrected chi connectivity index (χ4v) is 6.93. The van der Waals surface area contributed by atoms with E-state index in [-0.39, 0.29) is 31.1 Å². The maximum absolute atomic E-state index is 12.5. The molecule has 0 bridgehead atoms. The Morgan fingerprint density at radius 3 is 0.925 bits per heavy atom. The molecule has 0 heterocycles. The molecule has 0 saturated carbocycles. The SMILES string of the molecule is CCCCCCCC(=O)O[C@H](COC(=O)CCCCCCCCCCCCCCCCCC(C)C)COC(=O)CCCCCCCCCCCC(C)C. The number of hydrogen-bond donors (Lipinski definition) is 0. The molecule has 0 aliphatic rings. The van der Waals surface area contributed by atoms with Crippen molar-refractivity contribution in [2.75, 3.05) is 13.2 Å². The van der Waals surface area contributed by atoms with Crippen molar-refractivity contribution in [1.29, 1.82) is 0 Å². The van der Waals surface area contributed by atoms with Gasteiger partial charge in [-0.05, 0) is 31.1 Å². The summed E-state index contributed by atoms with van der Waals surface area (Å²) in [7, 11) is 0. The lowest BCUT2D eigenvalue weighted by molar-refractivity contribution is -0.167. The van der Waals surface area contributed by atoms with E-state index in [0.717, 1.165) is 76.0 Å². The quantitative estimate of drug-likeness (QED) is 0.0352. The van der Waals surface area contributed by atoms with Gasteiger partial charge in [0, 0.05) is 19.3 Å². The van der Waals surface area contributed by atoms with Crippen LogP contribution in [-0.2, 0) is 28.6 Å². The van der Waals surface area contributed by atoms with E-state index in [1.165, 1.54) is 135 Å². The Bertz CT molecular complexity index is 809. The van der Waals surface area contributed by atoms with E-state index in [4.69, 9.17) is 14.2 Å². The van der Waals surface area contributed by atoms with Crippen molar-refractivity contribution in [2.24, 2.45) is 11.8 Å². The summed E-state index contributed by atoms with van der Waals surface area (Å²) in [5.41, 5.74) is 0. The van der Waals surface area contributed by atoms with Crippen LogP contribution in [0.5, 0.6) is 0 Å². The van der Waals surface area contributed by atoms with E-state index < -0.39 is 6.10 Å². The molecule has 53 heavy (non-hydrogen) atoms. The van der Waals surface area contributed by atoms with Crippen LogP contribution < -0.4 is 0 Å². The average Bonchev–Trinajstić information content (AvgIpc) is 3.12. The molecular weight excluding hydrogens is 661 g/mol. The second-order valence-electron chi connectivity index (χ2n) is 17.0. The van der Waals surface area contributed by atoms with E-state index in [9.17, 15) is 14.4 Å². The second kappa shape index (κ2) is 40.1. The van der Waals surface area contributed by atoms with Gasteiger partial charge >= 0.3 is 17.9 Å². The first-order valence-electron chi connectivity index (χ1n) is 23.2. The number of carbonyl (C=O) groups is 3. The minimum absolute atomic E-state index is 0.0660. The van der Waals surface area contributed by atoms with Crippen LogP contribution in [0.2, 0.25) is 0 Å². The van der Waals surface area contributed by atoms with E-state index in [1.807, 2.05) is 0 Å². The highest BCUT2D eigenvalue weighted by molar-refractivity contribution is 5.71. The van der Waals surface area contributed by atoms with Crippen LogP contribution in [0.15, 0.2) is 0 Å². The Balaban J connectivity index is 4.09. The molecule has 0 aromatic heterocycles. The monoisotopic (exact) mass is 751 g/mol. The summed E-state index contributed by atoms with van der Waals surface area (Å²) in [6.07, 6.45) is 38.4. The van der Waals surface area contributed by atoms with Crippen molar-refractivity contribution in [3.8, 4) is 0 Å². The first kappa shape index (κ1) is 51.4. The van der Waals surface area contributed by atoms with Crippen molar-refractivity contribution in [1.82, 2.24) is 0 Å². The van der Waals surface area contributed by atoms with Crippen LogP contribution in [0, 0.1) is 11.8 Å². The van der Waals surface area contributed by atoms with E-state index in [0.29, 0.717) is 19.3 Å². The predicted molar refractivity (Wildman–Crippen MR) is 224 cm³/mol. The zero-order valence-corrected chi connectivity index (χ0v) is 36.1. The van der Waals surface area contributed by atoms with Gasteiger partial charge in [0.2, 0.25) is 0 Å². The molecule has 0 saturated heterocycles. The number of hydrogen-bond acceptors (Lipinski definition) is 6. The normalized spacial score (nSPS) is 12.1. The molecule has 0 aromatic rings. The number of esters is 3. The fraction of sp³-hybridized carbons (Fsp3) is 0.936. The maximum Gasteiger partial charge on any atom is 0.306 e. The number of ether oxygens (including phenoxy) is 3. The number of rotatable bonds is 41. The molecule has 0 aliphatic heterocycles. The van der Waals surface area contributed by atoms with Crippen LogP contribution in [0.25, 0.3) is 0 Å². The van der Waals surface area contributed by atoms with Crippen molar-refractivity contribution in [3.63, 3.8) is 0 Å². The average molecular weight is 751 g/mol. The van der Waals surface area contributed by atoms with Crippen molar-refractivity contribution < 1.29 is 28.6 Å². The molecular formula is C47H90O6. The highest BCUT2D eigenvalue weighted by Crippen LogP contribution is 2.17. The number of unbranched alkanes of at least 4 members (excludes halogenated alkanes) is 26. The topological polar surface area (TPSA) is 78.9 Å². The highest BCUT2D eigenvalue weighted by atomic mass is 16.6. The fourth-order valence-electron chi connectivity index (χ4n) is 6.93. The van der Waals surface area contributed by atoms with Gasteiger partial charge in [-0.15, -0.1) is 0 Å². The zero-order valence-electron chi connectivity index (χ0n) is 36.1. The van der Waals surface area contributed by atoms with Gasteiger partial charge in [0.15, 0.2) is 6.10 Å². The lowest BCUT2D eigenvalue weighted by Crippen LogP contribution is -2.30. The minimum atomic E-state index is -0.758. The zero-order chi connectivity index (χ0) is 39.0. The molecule has 0 radical (unpaired) electrons. The van der Waals surface area contributed by atoms with E-state index in [2.05, 4.69) is 34.6 Å². The van der Waals surface area contributed by atoms with Crippen LogP contribution in [-0.4, -0.2) is 37.2 Å². The third-order valence-electron chi connectivity index (χ3n) is 10.5. The predicted octanol–water partition coefficient (Wildman–Crippen LogP) is 14.6. The lowest BCUT2D eigenvalue weighted by Gasteiger charge is -2.18. The van der Waals surface area contributed by atoms with E-state index >= 15 is 0 Å². The largest absolute Gasteiger partial charge is 0.462 e. The molecule has 0 aliphatic carbocycles. The molecule has 0 unspecified atom stereocenters. The first-order chi connectivity index (χ1) is 25.7. The second-order valence-corrected chi connectivity index (χ2v) is 17.0. The highest BCUT2D eigenvalue weighted by Gasteiger charge is 2.19. The van der Waals surface area contributed by atoms with Crippen LogP contribution in [0.3, 0.4) is 0 Å². The summed E-state index contributed by atoms with van der Waals surface area (Å²) < 4.78 is 16.6. The smallest absolute Gasteiger partial charge is 0.306 e. The molecule has 6 nitrogen and oxygen atoms in total. The van der Waals surface area contributed by atoms with Gasteiger partial charge in [-0.1, -0.05) is 214 Å². The minimum Gasteiger partial charge on any atom is -0.462 e. The Labute approximate surface area is 329 Å². The Hall–Kier alpha value is -1.59. The van der Waals surface area contributed by atoms with Gasteiger partial charge in [0.1, 0.15) is 13.2 Å². The number of carbonyl (C=O) groups excluding carboxylic acids is 3. The Morgan fingerprint density at radius 2 is 0.623 bits per heavy atom. The van der Waals surface area contributed by atoms with Crippen LogP contribution in [0.4, 0.5) is 0 Å². The van der Waals surface area contributed by atoms with Crippen molar-refractivity contribution >= 4 is 17.9 Å². The third kappa shape index (κ3) is 41.4. The Morgan fingerprint density at radius 1 is 0.358 bits per heavy atom. The molecule has 6 heteroatoms. The standard InChI is InChI=1S/C47H90O6/c1-6-7-8-25-34-39-47(50)53-44(41-52-46(49)38-33-29-24-20-16-18-22-27-31-36-43(4)5)40-51-45(48)37-32-28-23-19-15-13-11-9-10-12-14-17-21-26-30-35-42(2)3/h42-44H,6-41H2,1-5H3/t44-/m1/s1. The first-order valence-corrected chi connectivity index (χ1v) is 23.2. The van der Waals surface area contributed by atoms with Gasteiger partial charge < -0.3 is 14.2 Å². The van der Waals surface area contributed by atoms with Crippen molar-refractivity contribution in [2.45, 2.75) is 259 Å². The van der Waals surface area contributed by atoms with Gasteiger partial charge in [0.05, 0.1) is 0 Å². The molecule has 1 atom stereocenters. The van der Waals surface area contributed by atoms with Crippen LogP contribution >= 0.6 is 0 Å². The molecule has 0 fully saturated rings. The molecule has 0 rings (SSSR count). The van der Waals surface area contributed by atoms with Crippen molar-refractivity contribution in [3.05, 3.63) is 0 Å². The molecule has 0 aromatic carbocycles.